The lowest BCUT2D eigenvalue weighted by molar-refractivity contribution is 1.01. The second kappa shape index (κ2) is 6.26. The second-order valence-corrected chi connectivity index (χ2v) is 5.94. The first-order valence-electron chi connectivity index (χ1n) is 6.78. The highest BCUT2D eigenvalue weighted by Crippen LogP contribution is 2.21. The summed E-state index contributed by atoms with van der Waals surface area (Å²) in [7, 11) is 0. The van der Waals surface area contributed by atoms with Crippen molar-refractivity contribution in [3.8, 4) is 5.69 Å². The molecule has 2 nitrogen and oxygen atoms in total. The van der Waals surface area contributed by atoms with E-state index in [0.29, 0.717) is 0 Å². The molecule has 3 aromatic rings. The molecule has 0 bridgehead atoms. The number of aromatic nitrogens is 1. The zero-order valence-electron chi connectivity index (χ0n) is 11.7. The molecule has 3 heteroatoms. The molecule has 0 atom stereocenters. The third-order valence-corrected chi connectivity index (χ3v) is 4.22. The molecule has 104 valence electrons. The maximum absolute atomic E-state index is 4.62. The summed E-state index contributed by atoms with van der Waals surface area (Å²) in [5.41, 5.74) is 4.43. The molecule has 0 saturated carbocycles. The van der Waals surface area contributed by atoms with Crippen LogP contribution in [-0.4, -0.2) is 10.8 Å². The van der Waals surface area contributed by atoms with Crippen LogP contribution < -0.4 is 0 Å². The molecule has 0 aliphatic rings. The first kappa shape index (κ1) is 14.1. The molecule has 1 heterocycles. The van der Waals surface area contributed by atoms with Gasteiger partial charge in [0.25, 0.3) is 0 Å². The number of hydrogen-bond acceptors (Lipinski definition) is 1. The van der Waals surface area contributed by atoms with Gasteiger partial charge in [0.1, 0.15) is 0 Å². The smallest absolute Gasteiger partial charge is 0.0763 e. The Kier molecular flexibility index (Phi) is 4.20. The van der Waals surface area contributed by atoms with Gasteiger partial charge in [-0.2, -0.15) is 0 Å². The highest BCUT2D eigenvalue weighted by molar-refractivity contribution is 14.1. The minimum Gasteiger partial charge on any atom is -0.313 e. The van der Waals surface area contributed by atoms with Crippen LogP contribution in [0.4, 0.5) is 5.69 Å². The van der Waals surface area contributed by atoms with Gasteiger partial charge in [-0.3, -0.25) is 4.99 Å². The van der Waals surface area contributed by atoms with Gasteiger partial charge in [-0.25, -0.2) is 0 Å². The molecular formula is C18H15IN2. The van der Waals surface area contributed by atoms with E-state index in [9.17, 15) is 0 Å². The zero-order chi connectivity index (χ0) is 14.7. The molecule has 0 radical (unpaired) electrons. The van der Waals surface area contributed by atoms with Crippen molar-refractivity contribution in [3.63, 3.8) is 0 Å². The van der Waals surface area contributed by atoms with Gasteiger partial charge in [-0.1, -0.05) is 30.3 Å². The summed E-state index contributed by atoms with van der Waals surface area (Å²) in [4.78, 5) is 4.62. The second-order valence-electron chi connectivity index (χ2n) is 4.78. The van der Waals surface area contributed by atoms with E-state index < -0.39 is 0 Å². The number of nitrogens with zero attached hydrogens (tertiary/aromatic N) is 2. The Bertz CT molecular complexity index is 773. The Labute approximate surface area is 138 Å². The van der Waals surface area contributed by atoms with Crippen molar-refractivity contribution in [1.29, 1.82) is 0 Å². The number of benzene rings is 2. The monoisotopic (exact) mass is 386 g/mol. The van der Waals surface area contributed by atoms with E-state index in [1.807, 2.05) is 30.5 Å². The summed E-state index contributed by atoms with van der Waals surface area (Å²) in [6, 6.07) is 22.7. The molecular weight excluding hydrogens is 371 g/mol. The van der Waals surface area contributed by atoms with E-state index in [1.165, 1.54) is 5.69 Å². The summed E-state index contributed by atoms with van der Waals surface area (Å²) < 4.78 is 3.36. The Balaban J connectivity index is 2.00. The quantitative estimate of drug-likeness (QED) is 0.438. The van der Waals surface area contributed by atoms with E-state index in [2.05, 4.69) is 81.5 Å². The van der Waals surface area contributed by atoms with Crippen LogP contribution >= 0.6 is 22.6 Å². The van der Waals surface area contributed by atoms with E-state index in [-0.39, 0.29) is 0 Å². The van der Waals surface area contributed by atoms with Gasteiger partial charge < -0.3 is 4.57 Å². The number of para-hydroxylation sites is 2. The number of halogens is 1. The number of aryl methyl sites for hydroxylation is 1. The predicted octanol–water partition coefficient (Wildman–Crippen LogP) is 5.14. The lowest BCUT2D eigenvalue weighted by Gasteiger charge is -2.09. The molecule has 0 aliphatic heterocycles. The van der Waals surface area contributed by atoms with Crippen molar-refractivity contribution in [2.75, 3.05) is 0 Å². The molecule has 3 rings (SSSR count). The summed E-state index contributed by atoms with van der Waals surface area (Å²) in [6.45, 7) is 2.11. The Hall–Kier alpha value is -1.88. The van der Waals surface area contributed by atoms with Crippen molar-refractivity contribution in [2.45, 2.75) is 6.92 Å². The topological polar surface area (TPSA) is 17.3 Å². The lowest BCUT2D eigenvalue weighted by Crippen LogP contribution is -2.00. The fourth-order valence-electron chi connectivity index (χ4n) is 2.28. The number of rotatable bonds is 3. The predicted molar refractivity (Wildman–Crippen MR) is 96.9 cm³/mol. The molecule has 0 amide bonds. The molecule has 1 aromatic heterocycles. The summed E-state index contributed by atoms with van der Waals surface area (Å²) in [6.07, 6.45) is 1.93. The van der Waals surface area contributed by atoms with Gasteiger partial charge >= 0.3 is 0 Å². The molecule has 0 saturated heterocycles. The van der Waals surface area contributed by atoms with Gasteiger partial charge in [0, 0.05) is 15.0 Å². The van der Waals surface area contributed by atoms with Crippen molar-refractivity contribution in [2.24, 2.45) is 4.99 Å². The Morgan fingerprint density at radius 3 is 2.38 bits per heavy atom. The van der Waals surface area contributed by atoms with Crippen LogP contribution in [0.2, 0.25) is 0 Å². The van der Waals surface area contributed by atoms with Crippen LogP contribution in [0, 0.1) is 10.5 Å². The van der Waals surface area contributed by atoms with Crippen LogP contribution in [0.5, 0.6) is 0 Å². The van der Waals surface area contributed by atoms with Gasteiger partial charge in [-0.15, -0.1) is 0 Å². The Morgan fingerprint density at radius 1 is 0.905 bits per heavy atom. The van der Waals surface area contributed by atoms with Crippen LogP contribution in [-0.2, 0) is 0 Å². The average molecular weight is 386 g/mol. The first-order valence-corrected chi connectivity index (χ1v) is 7.86. The van der Waals surface area contributed by atoms with Gasteiger partial charge in [0.15, 0.2) is 0 Å². The Morgan fingerprint density at radius 2 is 1.62 bits per heavy atom. The van der Waals surface area contributed by atoms with Gasteiger partial charge in [0.2, 0.25) is 0 Å². The minimum atomic E-state index is 0.997. The van der Waals surface area contributed by atoms with Gasteiger partial charge in [0.05, 0.1) is 17.6 Å². The lowest BCUT2D eigenvalue weighted by atomic mass is 10.3. The van der Waals surface area contributed by atoms with Crippen molar-refractivity contribution < 1.29 is 0 Å². The third-order valence-electron chi connectivity index (χ3n) is 3.31. The van der Waals surface area contributed by atoms with Gasteiger partial charge in [-0.05, 0) is 65.9 Å². The number of hydrogen-bond donors (Lipinski definition) is 0. The van der Waals surface area contributed by atoms with Crippen molar-refractivity contribution in [1.82, 2.24) is 4.57 Å². The van der Waals surface area contributed by atoms with Crippen LogP contribution in [0.15, 0.2) is 71.7 Å². The highest BCUT2D eigenvalue weighted by Gasteiger charge is 2.05. The maximum atomic E-state index is 4.62. The third kappa shape index (κ3) is 3.08. The van der Waals surface area contributed by atoms with Crippen molar-refractivity contribution in [3.05, 3.63) is 81.7 Å². The van der Waals surface area contributed by atoms with Crippen LogP contribution in [0.3, 0.4) is 0 Å². The number of aliphatic imine (C=N–C) groups is 1. The van der Waals surface area contributed by atoms with Crippen LogP contribution in [0.25, 0.3) is 5.69 Å². The maximum Gasteiger partial charge on any atom is 0.0763 e. The minimum absolute atomic E-state index is 0.997. The average Bonchev–Trinajstić information content (AvgIpc) is 2.88. The van der Waals surface area contributed by atoms with E-state index in [4.69, 9.17) is 0 Å². The first-order chi connectivity index (χ1) is 10.3. The van der Waals surface area contributed by atoms with E-state index in [1.54, 1.807) is 0 Å². The molecule has 0 fully saturated rings. The summed E-state index contributed by atoms with van der Waals surface area (Å²) in [5, 5.41) is 0. The van der Waals surface area contributed by atoms with E-state index >= 15 is 0 Å². The van der Waals surface area contributed by atoms with Crippen LogP contribution in [0.1, 0.15) is 11.4 Å². The summed E-state index contributed by atoms with van der Waals surface area (Å²) >= 11 is 2.31. The standard InChI is InChI=1S/C18H15IN2/c1-14-11-12-16(21(14)15-7-3-2-4-8-15)13-20-18-10-6-5-9-17(18)19/h2-13H,1H3. The fraction of sp³-hybridized carbons (Fsp3) is 0.0556. The van der Waals surface area contributed by atoms with E-state index in [0.717, 1.165) is 20.6 Å². The molecule has 0 unspecified atom stereocenters. The molecule has 0 aliphatic carbocycles. The highest BCUT2D eigenvalue weighted by atomic mass is 127. The fourth-order valence-corrected chi connectivity index (χ4v) is 2.81. The molecule has 2 aromatic carbocycles. The molecule has 0 spiro atoms. The van der Waals surface area contributed by atoms with Crippen molar-refractivity contribution >= 4 is 34.5 Å². The summed E-state index contributed by atoms with van der Waals surface area (Å²) in [5.74, 6) is 0. The molecule has 0 N–H and O–H groups in total. The zero-order valence-corrected chi connectivity index (χ0v) is 13.9. The SMILES string of the molecule is Cc1ccc(C=Nc2ccccc2I)n1-c1ccccc1. The molecule has 21 heavy (non-hydrogen) atoms. The largest absolute Gasteiger partial charge is 0.313 e. The normalized spacial score (nSPS) is 11.1.